The van der Waals surface area contributed by atoms with Crippen LogP contribution in [0, 0.1) is 0 Å². The number of carboxylic acid groups (broad SMARTS) is 1. The van der Waals surface area contributed by atoms with E-state index in [0.717, 1.165) is 5.39 Å². The molecule has 0 aliphatic heterocycles. The van der Waals surface area contributed by atoms with E-state index < -0.39 is 17.9 Å². The molecule has 0 bridgehead atoms. The molecule has 5 nitrogen and oxygen atoms in total. The van der Waals surface area contributed by atoms with Gasteiger partial charge in [-0.3, -0.25) is 4.79 Å². The minimum absolute atomic E-state index is 0.203. The van der Waals surface area contributed by atoms with E-state index in [1.165, 1.54) is 0 Å². The maximum absolute atomic E-state index is 12.0. The number of thiol groups is 1. The molecule has 0 spiro atoms. The summed E-state index contributed by atoms with van der Waals surface area (Å²) in [5.74, 6) is -1.19. The highest BCUT2D eigenvalue weighted by Crippen LogP contribution is 2.12. The lowest BCUT2D eigenvalue weighted by Gasteiger charge is -2.13. The molecule has 0 unspecified atom stereocenters. The first kappa shape index (κ1) is 14.3. The Hall–Kier alpha value is -2.08. The smallest absolute Gasteiger partial charge is 0.326 e. The summed E-state index contributed by atoms with van der Waals surface area (Å²) in [6.07, 6.45) is 0.262. The number of benzene rings is 1. The maximum Gasteiger partial charge on any atom is 0.326 e. The summed E-state index contributed by atoms with van der Waals surface area (Å²) in [5.41, 5.74) is 0.898. The van der Waals surface area contributed by atoms with E-state index in [1.54, 1.807) is 18.2 Å². The quantitative estimate of drug-likeness (QED) is 0.733. The van der Waals surface area contributed by atoms with Gasteiger partial charge in [0.1, 0.15) is 11.7 Å². The minimum atomic E-state index is -1.08. The summed E-state index contributed by atoms with van der Waals surface area (Å²) in [6.45, 7) is 0. The average Bonchev–Trinajstić information content (AvgIpc) is 2.46. The lowest BCUT2D eigenvalue weighted by molar-refractivity contribution is -0.139. The third-order valence-electron chi connectivity index (χ3n) is 2.85. The average molecular weight is 290 g/mol. The first-order chi connectivity index (χ1) is 9.61. The van der Waals surface area contributed by atoms with E-state index >= 15 is 0 Å². The fourth-order valence-corrected chi connectivity index (χ4v) is 2.07. The predicted octanol–water partition coefficient (Wildman–Crippen LogP) is 1.74. The molecule has 1 amide bonds. The highest BCUT2D eigenvalue weighted by atomic mass is 32.1. The Morgan fingerprint density at radius 1 is 1.25 bits per heavy atom. The zero-order chi connectivity index (χ0) is 14.5. The number of fused-ring (bicyclic) bond motifs is 1. The van der Waals surface area contributed by atoms with Crippen molar-refractivity contribution in [3.05, 3.63) is 42.1 Å². The Balaban J connectivity index is 2.20. The molecular weight excluding hydrogens is 276 g/mol. The minimum Gasteiger partial charge on any atom is -0.480 e. The SMILES string of the molecule is O=C(N[C@@H](CCS)C(=O)O)c1ccc2ccccc2n1. The number of hydrogen-bond acceptors (Lipinski definition) is 4. The standard InChI is InChI=1S/C14H14N2O3S/c17-13(16-12(7-8-20)14(18)19)11-6-5-9-3-1-2-4-10(9)15-11/h1-6,12,20H,7-8H2,(H,16,17)(H,18,19)/t12-/m0/s1. The van der Waals surface area contributed by atoms with Crippen molar-refractivity contribution in [3.63, 3.8) is 0 Å². The zero-order valence-corrected chi connectivity index (χ0v) is 11.5. The second-order valence-corrected chi connectivity index (χ2v) is 4.71. The van der Waals surface area contributed by atoms with E-state index in [1.807, 2.05) is 18.2 Å². The van der Waals surface area contributed by atoms with Crippen molar-refractivity contribution in [2.24, 2.45) is 0 Å². The molecule has 0 saturated carbocycles. The zero-order valence-electron chi connectivity index (χ0n) is 10.6. The van der Waals surface area contributed by atoms with Crippen molar-refractivity contribution in [2.75, 3.05) is 5.75 Å². The molecule has 104 valence electrons. The number of pyridine rings is 1. The Morgan fingerprint density at radius 3 is 2.70 bits per heavy atom. The number of amides is 1. The van der Waals surface area contributed by atoms with Crippen LogP contribution in [0.5, 0.6) is 0 Å². The summed E-state index contributed by atoms with van der Waals surface area (Å²) in [5, 5.41) is 12.4. The maximum atomic E-state index is 12.0. The van der Waals surface area contributed by atoms with Crippen molar-refractivity contribution in [2.45, 2.75) is 12.5 Å². The lowest BCUT2D eigenvalue weighted by atomic mass is 10.2. The summed E-state index contributed by atoms with van der Waals surface area (Å²) in [6, 6.07) is 9.82. The molecule has 2 rings (SSSR count). The van der Waals surface area contributed by atoms with Gasteiger partial charge in [-0.25, -0.2) is 9.78 Å². The van der Waals surface area contributed by atoms with Gasteiger partial charge in [0.05, 0.1) is 5.52 Å². The van der Waals surface area contributed by atoms with Gasteiger partial charge in [0.2, 0.25) is 0 Å². The highest BCUT2D eigenvalue weighted by Gasteiger charge is 2.20. The summed E-state index contributed by atoms with van der Waals surface area (Å²) in [4.78, 5) is 27.2. The predicted molar refractivity (Wildman–Crippen MR) is 79.1 cm³/mol. The first-order valence-electron chi connectivity index (χ1n) is 6.12. The number of aliphatic carboxylic acids is 1. The number of carbonyl (C=O) groups excluding carboxylic acids is 1. The van der Waals surface area contributed by atoms with Crippen molar-refractivity contribution < 1.29 is 14.7 Å². The van der Waals surface area contributed by atoms with Crippen LogP contribution in [0.15, 0.2) is 36.4 Å². The summed E-state index contributed by atoms with van der Waals surface area (Å²) >= 11 is 3.98. The van der Waals surface area contributed by atoms with Gasteiger partial charge < -0.3 is 10.4 Å². The van der Waals surface area contributed by atoms with E-state index in [0.29, 0.717) is 11.3 Å². The molecule has 1 heterocycles. The first-order valence-corrected chi connectivity index (χ1v) is 6.75. The van der Waals surface area contributed by atoms with E-state index in [2.05, 4.69) is 22.9 Å². The Bertz CT molecular complexity index is 645. The molecule has 0 aliphatic carbocycles. The molecule has 0 radical (unpaired) electrons. The summed E-state index contributed by atoms with van der Waals surface area (Å²) < 4.78 is 0. The van der Waals surface area contributed by atoms with Crippen LogP contribution in [0.25, 0.3) is 10.9 Å². The van der Waals surface area contributed by atoms with Crippen LogP contribution in [0.1, 0.15) is 16.9 Å². The molecule has 1 atom stereocenters. The number of carbonyl (C=O) groups is 2. The fraction of sp³-hybridized carbons (Fsp3) is 0.214. The van der Waals surface area contributed by atoms with Crippen LogP contribution in [-0.4, -0.2) is 33.8 Å². The molecule has 2 aromatic rings. The monoisotopic (exact) mass is 290 g/mol. The number of nitrogens with one attached hydrogen (secondary N) is 1. The largest absolute Gasteiger partial charge is 0.480 e. The number of rotatable bonds is 5. The van der Waals surface area contributed by atoms with Gasteiger partial charge in [0, 0.05) is 5.39 Å². The second-order valence-electron chi connectivity index (χ2n) is 4.27. The summed E-state index contributed by atoms with van der Waals surface area (Å²) in [7, 11) is 0. The van der Waals surface area contributed by atoms with Crippen molar-refractivity contribution in [1.82, 2.24) is 10.3 Å². The Morgan fingerprint density at radius 2 is 2.00 bits per heavy atom. The van der Waals surface area contributed by atoms with Gasteiger partial charge >= 0.3 is 5.97 Å². The van der Waals surface area contributed by atoms with Gasteiger partial charge in [-0.15, -0.1) is 0 Å². The topological polar surface area (TPSA) is 79.3 Å². The van der Waals surface area contributed by atoms with Crippen LogP contribution in [0.4, 0.5) is 0 Å². The molecule has 1 aromatic carbocycles. The van der Waals surface area contributed by atoms with E-state index in [9.17, 15) is 9.59 Å². The van der Waals surface area contributed by atoms with Gasteiger partial charge in [-0.2, -0.15) is 12.6 Å². The van der Waals surface area contributed by atoms with Crippen molar-refractivity contribution in [3.8, 4) is 0 Å². The molecule has 6 heteroatoms. The van der Waals surface area contributed by atoms with E-state index in [-0.39, 0.29) is 12.1 Å². The molecule has 0 aliphatic rings. The van der Waals surface area contributed by atoms with Crippen molar-refractivity contribution >= 4 is 35.4 Å². The third-order valence-corrected chi connectivity index (χ3v) is 3.11. The number of hydrogen-bond donors (Lipinski definition) is 3. The van der Waals surface area contributed by atoms with Crippen LogP contribution < -0.4 is 5.32 Å². The molecular formula is C14H14N2O3S. The van der Waals surface area contributed by atoms with Crippen LogP contribution in [0.2, 0.25) is 0 Å². The second kappa shape index (κ2) is 6.38. The Kier molecular flexibility index (Phi) is 4.57. The molecule has 0 fully saturated rings. The Labute approximate surface area is 121 Å². The van der Waals surface area contributed by atoms with Gasteiger partial charge in [0.15, 0.2) is 0 Å². The molecule has 2 N–H and O–H groups in total. The van der Waals surface area contributed by atoms with Crippen molar-refractivity contribution in [1.29, 1.82) is 0 Å². The fourth-order valence-electron chi connectivity index (χ4n) is 1.81. The third kappa shape index (κ3) is 3.27. The number of nitrogens with zero attached hydrogens (tertiary/aromatic N) is 1. The molecule has 0 saturated heterocycles. The lowest BCUT2D eigenvalue weighted by Crippen LogP contribution is -2.41. The molecule has 1 aromatic heterocycles. The van der Waals surface area contributed by atoms with Crippen LogP contribution in [0.3, 0.4) is 0 Å². The number of aromatic nitrogens is 1. The number of carboxylic acids is 1. The van der Waals surface area contributed by atoms with Crippen LogP contribution in [-0.2, 0) is 4.79 Å². The van der Waals surface area contributed by atoms with Crippen LogP contribution >= 0.6 is 12.6 Å². The highest BCUT2D eigenvalue weighted by molar-refractivity contribution is 7.80. The normalized spacial score (nSPS) is 12.1. The van der Waals surface area contributed by atoms with Gasteiger partial charge in [0.25, 0.3) is 5.91 Å². The van der Waals surface area contributed by atoms with Gasteiger partial charge in [-0.1, -0.05) is 24.3 Å². The van der Waals surface area contributed by atoms with E-state index in [4.69, 9.17) is 5.11 Å². The molecule has 20 heavy (non-hydrogen) atoms. The van der Waals surface area contributed by atoms with Gasteiger partial charge in [-0.05, 0) is 24.3 Å². The number of para-hydroxylation sites is 1.